The van der Waals surface area contributed by atoms with E-state index in [0.717, 1.165) is 25.7 Å². The first kappa shape index (κ1) is 22.0. The van der Waals surface area contributed by atoms with E-state index in [-0.39, 0.29) is 16.0 Å². The second kappa shape index (κ2) is 9.40. The Morgan fingerprint density at radius 2 is 1.67 bits per heavy atom. The molecular weight excluding hydrogens is 404 g/mol. The van der Waals surface area contributed by atoms with E-state index in [0.29, 0.717) is 24.3 Å². The molecule has 0 aromatic heterocycles. The van der Waals surface area contributed by atoms with Gasteiger partial charge in [0.2, 0.25) is 10.0 Å². The maximum atomic E-state index is 13.2. The van der Waals surface area contributed by atoms with Crippen LogP contribution in [0.1, 0.15) is 52.0 Å². The van der Waals surface area contributed by atoms with Crippen molar-refractivity contribution in [1.82, 2.24) is 4.31 Å². The number of anilines is 1. The zero-order valence-electron chi connectivity index (χ0n) is 17.2. The summed E-state index contributed by atoms with van der Waals surface area (Å²) in [5, 5.41) is 2.68. The van der Waals surface area contributed by atoms with Crippen molar-refractivity contribution in [2.45, 2.75) is 37.5 Å². The minimum atomic E-state index is -3.69. The smallest absolute Gasteiger partial charge is 0.339 e. The van der Waals surface area contributed by atoms with Gasteiger partial charge in [0.15, 0.2) is 0 Å². The molecule has 2 aromatic carbocycles. The van der Waals surface area contributed by atoms with Gasteiger partial charge in [0.05, 0.1) is 23.3 Å². The average Bonchev–Trinajstić information content (AvgIpc) is 3.04. The van der Waals surface area contributed by atoms with E-state index >= 15 is 0 Å². The molecule has 0 saturated carbocycles. The summed E-state index contributed by atoms with van der Waals surface area (Å²) in [7, 11) is -2.43. The van der Waals surface area contributed by atoms with Crippen LogP contribution in [-0.2, 0) is 14.8 Å². The van der Waals surface area contributed by atoms with Gasteiger partial charge in [-0.05, 0) is 49.6 Å². The maximum absolute atomic E-state index is 13.2. The molecule has 1 saturated heterocycles. The Labute approximate surface area is 177 Å². The van der Waals surface area contributed by atoms with Gasteiger partial charge in [-0.25, -0.2) is 13.2 Å². The molecular formula is C22H26N2O5S. The second-order valence-corrected chi connectivity index (χ2v) is 9.20. The number of carbonyl (C=O) groups excluding carboxylic acids is 2. The van der Waals surface area contributed by atoms with Gasteiger partial charge < -0.3 is 10.1 Å². The van der Waals surface area contributed by atoms with Gasteiger partial charge >= 0.3 is 5.97 Å². The minimum absolute atomic E-state index is 0.137. The Balaban J connectivity index is 1.90. The quantitative estimate of drug-likeness (QED) is 0.732. The van der Waals surface area contributed by atoms with Crippen molar-refractivity contribution in [3.63, 3.8) is 0 Å². The van der Waals surface area contributed by atoms with Gasteiger partial charge in [-0.15, -0.1) is 0 Å². The number of rotatable bonds is 5. The lowest BCUT2D eigenvalue weighted by Gasteiger charge is -2.21. The standard InChI is InChI=1S/C22H26N2O5S/c1-16-11-12-17(15-20(16)30(27,28)24-13-7-3-4-8-14-24)21(25)23-19-10-6-5-9-18(19)22(26)29-2/h5-6,9-12,15H,3-4,7-8,13-14H2,1-2H3,(H,23,25). The SMILES string of the molecule is COC(=O)c1ccccc1NC(=O)c1ccc(C)c(S(=O)(=O)N2CCCCCC2)c1. The molecule has 0 spiro atoms. The van der Waals surface area contributed by atoms with Crippen LogP contribution >= 0.6 is 0 Å². The molecule has 30 heavy (non-hydrogen) atoms. The van der Waals surface area contributed by atoms with Gasteiger partial charge in [0, 0.05) is 18.7 Å². The number of hydrogen-bond donors (Lipinski definition) is 1. The molecule has 1 N–H and O–H groups in total. The first-order chi connectivity index (χ1) is 14.3. The first-order valence-electron chi connectivity index (χ1n) is 9.94. The van der Waals surface area contributed by atoms with E-state index in [1.54, 1.807) is 43.3 Å². The second-order valence-electron chi connectivity index (χ2n) is 7.29. The fourth-order valence-corrected chi connectivity index (χ4v) is 5.28. The van der Waals surface area contributed by atoms with Crippen LogP contribution in [0.5, 0.6) is 0 Å². The van der Waals surface area contributed by atoms with Crippen molar-refractivity contribution in [3.05, 3.63) is 59.2 Å². The number of ether oxygens (including phenoxy) is 1. The number of carbonyl (C=O) groups is 2. The van der Waals surface area contributed by atoms with Crippen molar-refractivity contribution in [1.29, 1.82) is 0 Å². The van der Waals surface area contributed by atoms with E-state index in [2.05, 4.69) is 5.32 Å². The highest BCUT2D eigenvalue weighted by Crippen LogP contribution is 2.25. The van der Waals surface area contributed by atoms with Gasteiger partial charge in [-0.2, -0.15) is 4.31 Å². The summed E-state index contributed by atoms with van der Waals surface area (Å²) in [4.78, 5) is 24.9. The van der Waals surface area contributed by atoms with Crippen LogP contribution < -0.4 is 5.32 Å². The Hall–Kier alpha value is -2.71. The molecule has 0 bridgehead atoms. The number of esters is 1. The molecule has 7 nitrogen and oxygen atoms in total. The van der Waals surface area contributed by atoms with E-state index < -0.39 is 21.9 Å². The van der Waals surface area contributed by atoms with Crippen LogP contribution in [0, 0.1) is 6.92 Å². The van der Waals surface area contributed by atoms with Crippen LogP contribution in [0.4, 0.5) is 5.69 Å². The van der Waals surface area contributed by atoms with Gasteiger partial charge in [0.25, 0.3) is 5.91 Å². The first-order valence-corrected chi connectivity index (χ1v) is 11.4. The van der Waals surface area contributed by atoms with Crippen LogP contribution in [0.3, 0.4) is 0 Å². The van der Waals surface area contributed by atoms with Crippen LogP contribution in [-0.4, -0.2) is 44.8 Å². The summed E-state index contributed by atoms with van der Waals surface area (Å²) in [5.41, 5.74) is 1.31. The molecule has 1 fully saturated rings. The predicted octanol–water partition coefficient (Wildman–Crippen LogP) is 3.60. The number of methoxy groups -OCH3 is 1. The van der Waals surface area contributed by atoms with Gasteiger partial charge in [0.1, 0.15) is 0 Å². The number of para-hydroxylation sites is 1. The molecule has 0 radical (unpaired) electrons. The highest BCUT2D eigenvalue weighted by molar-refractivity contribution is 7.89. The summed E-state index contributed by atoms with van der Waals surface area (Å²) in [6, 6.07) is 11.1. The molecule has 0 atom stereocenters. The lowest BCUT2D eigenvalue weighted by Crippen LogP contribution is -2.32. The van der Waals surface area contributed by atoms with Crippen LogP contribution in [0.15, 0.2) is 47.4 Å². The Bertz CT molecular complexity index is 1040. The largest absolute Gasteiger partial charge is 0.465 e. The molecule has 1 amide bonds. The van der Waals surface area contributed by atoms with Crippen molar-refractivity contribution >= 4 is 27.6 Å². The molecule has 8 heteroatoms. The molecule has 3 rings (SSSR count). The number of amides is 1. The summed E-state index contributed by atoms with van der Waals surface area (Å²) in [5.74, 6) is -1.07. The van der Waals surface area contributed by atoms with Crippen molar-refractivity contribution < 1.29 is 22.7 Å². The monoisotopic (exact) mass is 430 g/mol. The number of hydrogen-bond acceptors (Lipinski definition) is 5. The lowest BCUT2D eigenvalue weighted by atomic mass is 10.1. The number of aryl methyl sites for hydroxylation is 1. The van der Waals surface area contributed by atoms with Crippen molar-refractivity contribution in [2.24, 2.45) is 0 Å². The number of nitrogens with one attached hydrogen (secondary N) is 1. The fraction of sp³-hybridized carbons (Fsp3) is 0.364. The third-order valence-electron chi connectivity index (χ3n) is 5.21. The van der Waals surface area contributed by atoms with E-state index in [1.165, 1.54) is 17.5 Å². The maximum Gasteiger partial charge on any atom is 0.339 e. The van der Waals surface area contributed by atoms with E-state index in [9.17, 15) is 18.0 Å². The third kappa shape index (κ3) is 4.71. The lowest BCUT2D eigenvalue weighted by molar-refractivity contribution is 0.0602. The fourth-order valence-electron chi connectivity index (χ4n) is 3.51. The zero-order chi connectivity index (χ0) is 21.7. The highest BCUT2D eigenvalue weighted by Gasteiger charge is 2.27. The van der Waals surface area contributed by atoms with Gasteiger partial charge in [-0.1, -0.05) is 31.0 Å². The average molecular weight is 431 g/mol. The molecule has 0 unspecified atom stereocenters. The molecule has 1 aliphatic heterocycles. The Morgan fingerprint density at radius 3 is 2.33 bits per heavy atom. The normalized spacial score (nSPS) is 15.3. The molecule has 160 valence electrons. The number of nitrogens with zero attached hydrogens (tertiary/aromatic N) is 1. The van der Waals surface area contributed by atoms with E-state index in [4.69, 9.17) is 4.74 Å². The van der Waals surface area contributed by atoms with Crippen molar-refractivity contribution in [2.75, 3.05) is 25.5 Å². The summed E-state index contributed by atoms with van der Waals surface area (Å²) >= 11 is 0. The number of benzene rings is 2. The summed E-state index contributed by atoms with van der Waals surface area (Å²) in [6.45, 7) is 2.70. The Morgan fingerprint density at radius 1 is 1.00 bits per heavy atom. The topological polar surface area (TPSA) is 92.8 Å². The summed E-state index contributed by atoms with van der Waals surface area (Å²) < 4.78 is 32.7. The van der Waals surface area contributed by atoms with Crippen LogP contribution in [0.25, 0.3) is 0 Å². The third-order valence-corrected chi connectivity index (χ3v) is 7.25. The molecule has 2 aromatic rings. The van der Waals surface area contributed by atoms with Gasteiger partial charge in [-0.3, -0.25) is 4.79 Å². The predicted molar refractivity (Wildman–Crippen MR) is 114 cm³/mol. The zero-order valence-corrected chi connectivity index (χ0v) is 18.0. The Kier molecular flexibility index (Phi) is 6.89. The van der Waals surface area contributed by atoms with Crippen LogP contribution in [0.2, 0.25) is 0 Å². The number of sulfonamides is 1. The van der Waals surface area contributed by atoms with E-state index in [1.807, 2.05) is 0 Å². The molecule has 1 heterocycles. The summed E-state index contributed by atoms with van der Waals surface area (Å²) in [6.07, 6.45) is 3.71. The molecule has 1 aliphatic rings. The highest BCUT2D eigenvalue weighted by atomic mass is 32.2. The van der Waals surface area contributed by atoms with Crippen molar-refractivity contribution in [3.8, 4) is 0 Å². The molecule has 0 aliphatic carbocycles. The minimum Gasteiger partial charge on any atom is -0.465 e.